The number of hydrogen-bond acceptors (Lipinski definition) is 3. The van der Waals surface area contributed by atoms with Crippen LogP contribution < -0.4 is 5.32 Å². The second-order valence-corrected chi connectivity index (χ2v) is 6.50. The smallest absolute Gasteiger partial charge is 0.0547 e. The van der Waals surface area contributed by atoms with Crippen molar-refractivity contribution in [3.8, 4) is 0 Å². The molecule has 0 unspecified atom stereocenters. The Labute approximate surface area is 124 Å². The van der Waals surface area contributed by atoms with E-state index in [4.69, 9.17) is 4.98 Å². The molecule has 0 radical (unpaired) electrons. The summed E-state index contributed by atoms with van der Waals surface area (Å²) in [5.74, 6) is 0. The van der Waals surface area contributed by atoms with Gasteiger partial charge in [-0.15, -0.1) is 0 Å². The standard InChI is InChI=1S/C17H31N3/c1-6-11-20(12-7-2)14-16-10-8-9-15(19-16)13-18-17(3,4)5/h8-10,18H,6-7,11-14H2,1-5H3. The van der Waals surface area contributed by atoms with E-state index in [1.165, 1.54) is 18.5 Å². The molecule has 0 fully saturated rings. The molecule has 0 saturated carbocycles. The molecular weight excluding hydrogens is 246 g/mol. The van der Waals surface area contributed by atoms with Crippen molar-refractivity contribution < 1.29 is 0 Å². The first-order valence-corrected chi connectivity index (χ1v) is 7.86. The molecule has 0 saturated heterocycles. The average Bonchev–Trinajstić information content (AvgIpc) is 2.37. The van der Waals surface area contributed by atoms with Crippen molar-refractivity contribution in [1.29, 1.82) is 0 Å². The van der Waals surface area contributed by atoms with Crippen LogP contribution in [0.4, 0.5) is 0 Å². The SMILES string of the molecule is CCCN(CCC)Cc1cccc(CNC(C)(C)C)n1. The molecule has 3 nitrogen and oxygen atoms in total. The lowest BCUT2D eigenvalue weighted by molar-refractivity contribution is 0.263. The third-order valence-electron chi connectivity index (χ3n) is 3.13. The topological polar surface area (TPSA) is 28.2 Å². The lowest BCUT2D eigenvalue weighted by Gasteiger charge is -2.22. The minimum Gasteiger partial charge on any atom is -0.306 e. The first-order chi connectivity index (χ1) is 9.44. The summed E-state index contributed by atoms with van der Waals surface area (Å²) in [6, 6.07) is 6.36. The van der Waals surface area contributed by atoms with Crippen LogP contribution in [0.1, 0.15) is 58.8 Å². The molecule has 114 valence electrons. The summed E-state index contributed by atoms with van der Waals surface area (Å²) in [7, 11) is 0. The molecule has 0 amide bonds. The van der Waals surface area contributed by atoms with E-state index in [1.54, 1.807) is 0 Å². The van der Waals surface area contributed by atoms with Crippen LogP contribution in [0.2, 0.25) is 0 Å². The number of nitrogens with zero attached hydrogens (tertiary/aromatic N) is 2. The van der Waals surface area contributed by atoms with Crippen LogP contribution >= 0.6 is 0 Å². The largest absolute Gasteiger partial charge is 0.306 e. The zero-order chi connectivity index (χ0) is 15.0. The zero-order valence-electron chi connectivity index (χ0n) is 13.9. The molecule has 0 atom stereocenters. The van der Waals surface area contributed by atoms with Crippen molar-refractivity contribution >= 4 is 0 Å². The van der Waals surface area contributed by atoms with Gasteiger partial charge >= 0.3 is 0 Å². The maximum Gasteiger partial charge on any atom is 0.0547 e. The quantitative estimate of drug-likeness (QED) is 0.787. The van der Waals surface area contributed by atoms with Gasteiger partial charge in [0.1, 0.15) is 0 Å². The summed E-state index contributed by atoms with van der Waals surface area (Å²) in [6.45, 7) is 15.1. The van der Waals surface area contributed by atoms with Crippen LogP contribution in [-0.4, -0.2) is 28.5 Å². The van der Waals surface area contributed by atoms with Gasteiger partial charge in [-0.2, -0.15) is 0 Å². The van der Waals surface area contributed by atoms with Crippen molar-refractivity contribution in [3.05, 3.63) is 29.6 Å². The summed E-state index contributed by atoms with van der Waals surface area (Å²) < 4.78 is 0. The lowest BCUT2D eigenvalue weighted by atomic mass is 10.1. The Morgan fingerprint density at radius 1 is 1.05 bits per heavy atom. The molecule has 3 heteroatoms. The highest BCUT2D eigenvalue weighted by Gasteiger charge is 2.10. The van der Waals surface area contributed by atoms with Crippen molar-refractivity contribution in [1.82, 2.24) is 15.2 Å². The molecule has 1 aromatic heterocycles. The Kier molecular flexibility index (Phi) is 7.17. The van der Waals surface area contributed by atoms with Crippen LogP contribution in [-0.2, 0) is 13.1 Å². The van der Waals surface area contributed by atoms with Gasteiger partial charge in [-0.3, -0.25) is 9.88 Å². The molecule has 0 aliphatic heterocycles. The van der Waals surface area contributed by atoms with Crippen molar-refractivity contribution in [2.24, 2.45) is 0 Å². The van der Waals surface area contributed by atoms with E-state index < -0.39 is 0 Å². The number of pyridine rings is 1. The maximum atomic E-state index is 4.78. The molecule has 1 aromatic rings. The molecule has 0 aromatic carbocycles. The normalized spacial score (nSPS) is 12.1. The van der Waals surface area contributed by atoms with Crippen molar-refractivity contribution in [3.63, 3.8) is 0 Å². The van der Waals surface area contributed by atoms with E-state index in [-0.39, 0.29) is 5.54 Å². The van der Waals surface area contributed by atoms with Crippen LogP contribution in [0, 0.1) is 0 Å². The Hall–Kier alpha value is -0.930. The summed E-state index contributed by atoms with van der Waals surface area (Å²) >= 11 is 0. The van der Waals surface area contributed by atoms with E-state index in [9.17, 15) is 0 Å². The fraction of sp³-hybridized carbons (Fsp3) is 0.706. The second kappa shape index (κ2) is 8.38. The monoisotopic (exact) mass is 277 g/mol. The third kappa shape index (κ3) is 7.01. The maximum absolute atomic E-state index is 4.78. The van der Waals surface area contributed by atoms with Gasteiger partial charge in [0.15, 0.2) is 0 Å². The Morgan fingerprint density at radius 3 is 2.20 bits per heavy atom. The van der Waals surface area contributed by atoms with Crippen LogP contribution in [0.3, 0.4) is 0 Å². The molecule has 0 bridgehead atoms. The zero-order valence-corrected chi connectivity index (χ0v) is 13.9. The van der Waals surface area contributed by atoms with E-state index in [2.05, 4.69) is 63.0 Å². The predicted octanol–water partition coefficient (Wildman–Crippen LogP) is 3.59. The van der Waals surface area contributed by atoms with Crippen LogP contribution in [0.15, 0.2) is 18.2 Å². The molecule has 0 spiro atoms. The van der Waals surface area contributed by atoms with Crippen LogP contribution in [0.5, 0.6) is 0 Å². The number of hydrogen-bond donors (Lipinski definition) is 1. The predicted molar refractivity (Wildman–Crippen MR) is 86.7 cm³/mol. The van der Waals surface area contributed by atoms with Gasteiger partial charge in [0.05, 0.1) is 11.4 Å². The summed E-state index contributed by atoms with van der Waals surface area (Å²) in [5.41, 5.74) is 2.44. The molecular formula is C17H31N3. The third-order valence-corrected chi connectivity index (χ3v) is 3.13. The fourth-order valence-corrected chi connectivity index (χ4v) is 2.20. The summed E-state index contributed by atoms with van der Waals surface area (Å²) in [4.78, 5) is 7.27. The van der Waals surface area contributed by atoms with Crippen molar-refractivity contribution in [2.75, 3.05) is 13.1 Å². The fourth-order valence-electron chi connectivity index (χ4n) is 2.20. The molecule has 1 heterocycles. The van der Waals surface area contributed by atoms with Crippen LogP contribution in [0.25, 0.3) is 0 Å². The highest BCUT2D eigenvalue weighted by atomic mass is 15.1. The lowest BCUT2D eigenvalue weighted by Crippen LogP contribution is -2.35. The molecule has 0 aliphatic carbocycles. The van der Waals surface area contributed by atoms with Gasteiger partial charge in [0.2, 0.25) is 0 Å². The van der Waals surface area contributed by atoms with E-state index >= 15 is 0 Å². The number of rotatable bonds is 8. The first-order valence-electron chi connectivity index (χ1n) is 7.86. The van der Waals surface area contributed by atoms with E-state index in [0.29, 0.717) is 0 Å². The first kappa shape index (κ1) is 17.1. The minimum absolute atomic E-state index is 0.133. The van der Waals surface area contributed by atoms with Gasteiger partial charge in [0.25, 0.3) is 0 Å². The summed E-state index contributed by atoms with van der Waals surface area (Å²) in [5, 5.41) is 3.49. The average molecular weight is 277 g/mol. The van der Waals surface area contributed by atoms with Gasteiger partial charge in [-0.1, -0.05) is 19.9 Å². The molecule has 20 heavy (non-hydrogen) atoms. The molecule has 1 N–H and O–H groups in total. The second-order valence-electron chi connectivity index (χ2n) is 6.50. The highest BCUT2D eigenvalue weighted by molar-refractivity contribution is 5.11. The minimum atomic E-state index is 0.133. The van der Waals surface area contributed by atoms with E-state index in [1.807, 2.05) is 0 Å². The Morgan fingerprint density at radius 2 is 1.65 bits per heavy atom. The Balaban J connectivity index is 2.62. The number of aromatic nitrogens is 1. The molecule has 1 rings (SSSR count). The van der Waals surface area contributed by atoms with Gasteiger partial charge in [0, 0.05) is 18.6 Å². The van der Waals surface area contributed by atoms with E-state index in [0.717, 1.165) is 31.9 Å². The van der Waals surface area contributed by atoms with Crippen molar-refractivity contribution in [2.45, 2.75) is 66.1 Å². The number of nitrogens with one attached hydrogen (secondary N) is 1. The molecule has 0 aliphatic rings. The summed E-state index contributed by atoms with van der Waals surface area (Å²) in [6.07, 6.45) is 2.40. The van der Waals surface area contributed by atoms with Gasteiger partial charge in [-0.25, -0.2) is 0 Å². The van der Waals surface area contributed by atoms with Gasteiger partial charge < -0.3 is 5.32 Å². The highest BCUT2D eigenvalue weighted by Crippen LogP contribution is 2.07. The van der Waals surface area contributed by atoms with Gasteiger partial charge in [-0.05, 0) is 58.8 Å². The Bertz CT molecular complexity index is 376.